The number of amides is 1. The SMILES string of the molecule is CC[C@@H](C(=O)NCc1ccccc1)n1cnc2onc(C)c2c1=O. The lowest BCUT2D eigenvalue weighted by atomic mass is 10.1. The number of carbonyl (C=O) groups excluding carboxylic acids is 1. The second-order valence-electron chi connectivity index (χ2n) is 5.53. The van der Waals surface area contributed by atoms with E-state index in [1.54, 1.807) is 6.92 Å². The number of hydrogen-bond acceptors (Lipinski definition) is 5. The molecule has 0 radical (unpaired) electrons. The number of fused-ring (bicyclic) bond motifs is 1. The second kappa shape index (κ2) is 6.66. The van der Waals surface area contributed by atoms with Crippen molar-refractivity contribution in [2.75, 3.05) is 0 Å². The Balaban J connectivity index is 1.85. The van der Waals surface area contributed by atoms with Gasteiger partial charge in [0, 0.05) is 6.54 Å². The van der Waals surface area contributed by atoms with E-state index < -0.39 is 6.04 Å². The highest BCUT2D eigenvalue weighted by Gasteiger charge is 2.22. The molecule has 0 bridgehead atoms. The van der Waals surface area contributed by atoms with E-state index >= 15 is 0 Å². The average Bonchev–Trinajstić information content (AvgIpc) is 2.98. The van der Waals surface area contributed by atoms with Crippen molar-refractivity contribution < 1.29 is 9.32 Å². The maximum absolute atomic E-state index is 12.6. The van der Waals surface area contributed by atoms with Gasteiger partial charge in [-0.05, 0) is 18.9 Å². The standard InChI is InChI=1S/C17H18N4O3/c1-3-13(15(22)18-9-12-7-5-4-6-8-12)21-10-19-16-14(17(21)23)11(2)20-24-16/h4-8,10,13H,3,9H2,1-2H3,(H,18,22)/t13-/m0/s1. The van der Waals surface area contributed by atoms with Crippen LogP contribution in [0.4, 0.5) is 0 Å². The Morgan fingerprint density at radius 3 is 2.79 bits per heavy atom. The van der Waals surface area contributed by atoms with Crippen molar-refractivity contribution in [2.24, 2.45) is 0 Å². The van der Waals surface area contributed by atoms with E-state index in [1.165, 1.54) is 10.9 Å². The molecular formula is C17H18N4O3. The van der Waals surface area contributed by atoms with Crippen molar-refractivity contribution in [1.29, 1.82) is 0 Å². The van der Waals surface area contributed by atoms with Crippen molar-refractivity contribution in [3.05, 3.63) is 58.3 Å². The molecule has 0 aliphatic carbocycles. The summed E-state index contributed by atoms with van der Waals surface area (Å²) in [7, 11) is 0. The van der Waals surface area contributed by atoms with E-state index in [4.69, 9.17) is 4.52 Å². The molecule has 3 aromatic rings. The Morgan fingerprint density at radius 2 is 2.08 bits per heavy atom. The number of aryl methyl sites for hydroxylation is 1. The molecule has 1 atom stereocenters. The molecule has 0 saturated carbocycles. The van der Waals surface area contributed by atoms with Crippen LogP contribution in [0.5, 0.6) is 0 Å². The monoisotopic (exact) mass is 326 g/mol. The normalized spacial score (nSPS) is 12.2. The van der Waals surface area contributed by atoms with Gasteiger partial charge in [0.15, 0.2) is 0 Å². The fourth-order valence-electron chi connectivity index (χ4n) is 2.62. The first-order valence-corrected chi connectivity index (χ1v) is 7.76. The first-order chi connectivity index (χ1) is 11.6. The molecule has 124 valence electrons. The van der Waals surface area contributed by atoms with Gasteiger partial charge in [0.05, 0.1) is 5.69 Å². The molecule has 0 aliphatic heterocycles. The molecule has 2 aromatic heterocycles. The summed E-state index contributed by atoms with van der Waals surface area (Å²) in [6.45, 7) is 3.94. The molecule has 7 nitrogen and oxygen atoms in total. The van der Waals surface area contributed by atoms with Gasteiger partial charge in [-0.15, -0.1) is 0 Å². The molecule has 3 rings (SSSR count). The highest BCUT2D eigenvalue weighted by atomic mass is 16.5. The third kappa shape index (κ3) is 2.92. The minimum atomic E-state index is -0.632. The van der Waals surface area contributed by atoms with E-state index in [0.717, 1.165) is 5.56 Å². The van der Waals surface area contributed by atoms with Crippen molar-refractivity contribution in [3.8, 4) is 0 Å². The first-order valence-electron chi connectivity index (χ1n) is 7.76. The van der Waals surface area contributed by atoms with Crippen LogP contribution >= 0.6 is 0 Å². The van der Waals surface area contributed by atoms with Crippen LogP contribution in [0.2, 0.25) is 0 Å². The average molecular weight is 326 g/mol. The number of rotatable bonds is 5. The Hall–Kier alpha value is -2.96. The van der Waals surface area contributed by atoms with Gasteiger partial charge in [-0.25, -0.2) is 4.98 Å². The summed E-state index contributed by atoms with van der Waals surface area (Å²) in [5.41, 5.74) is 1.33. The Bertz CT molecular complexity index is 914. The summed E-state index contributed by atoms with van der Waals surface area (Å²) >= 11 is 0. The molecule has 1 N–H and O–H groups in total. The number of carbonyl (C=O) groups is 1. The minimum absolute atomic E-state index is 0.188. The Kier molecular flexibility index (Phi) is 4.41. The number of nitrogens with zero attached hydrogens (tertiary/aromatic N) is 3. The van der Waals surface area contributed by atoms with E-state index in [0.29, 0.717) is 24.0 Å². The fourth-order valence-corrected chi connectivity index (χ4v) is 2.62. The minimum Gasteiger partial charge on any atom is -0.350 e. The molecule has 0 unspecified atom stereocenters. The second-order valence-corrected chi connectivity index (χ2v) is 5.53. The van der Waals surface area contributed by atoms with Crippen molar-refractivity contribution in [3.63, 3.8) is 0 Å². The predicted molar refractivity (Wildman–Crippen MR) is 88.4 cm³/mol. The van der Waals surface area contributed by atoms with Gasteiger partial charge in [0.2, 0.25) is 5.91 Å². The molecule has 0 aliphatic rings. The zero-order chi connectivity index (χ0) is 17.1. The van der Waals surface area contributed by atoms with Crippen LogP contribution in [0.15, 0.2) is 46.0 Å². The maximum Gasteiger partial charge on any atom is 0.267 e. The lowest BCUT2D eigenvalue weighted by Gasteiger charge is -2.17. The zero-order valence-corrected chi connectivity index (χ0v) is 13.5. The summed E-state index contributed by atoms with van der Waals surface area (Å²) in [6, 6.07) is 8.98. The van der Waals surface area contributed by atoms with E-state index in [1.807, 2.05) is 37.3 Å². The van der Waals surface area contributed by atoms with Gasteiger partial charge in [-0.3, -0.25) is 14.2 Å². The lowest BCUT2D eigenvalue weighted by molar-refractivity contribution is -0.124. The molecule has 2 heterocycles. The van der Waals surface area contributed by atoms with Gasteiger partial charge in [0.1, 0.15) is 17.8 Å². The third-order valence-electron chi connectivity index (χ3n) is 3.93. The maximum atomic E-state index is 12.6. The quantitative estimate of drug-likeness (QED) is 0.774. The molecule has 1 amide bonds. The highest BCUT2D eigenvalue weighted by Crippen LogP contribution is 2.14. The number of aromatic nitrogens is 3. The Morgan fingerprint density at radius 1 is 1.33 bits per heavy atom. The van der Waals surface area contributed by atoms with E-state index in [9.17, 15) is 9.59 Å². The van der Waals surface area contributed by atoms with Gasteiger partial charge in [-0.2, -0.15) is 0 Å². The molecule has 24 heavy (non-hydrogen) atoms. The van der Waals surface area contributed by atoms with Crippen LogP contribution in [0, 0.1) is 6.92 Å². The van der Waals surface area contributed by atoms with Crippen molar-refractivity contribution >= 4 is 17.0 Å². The van der Waals surface area contributed by atoms with Gasteiger partial charge < -0.3 is 9.84 Å². The number of nitrogens with one attached hydrogen (secondary N) is 1. The molecule has 0 saturated heterocycles. The summed E-state index contributed by atoms with van der Waals surface area (Å²) in [4.78, 5) is 29.2. The highest BCUT2D eigenvalue weighted by molar-refractivity contribution is 5.81. The van der Waals surface area contributed by atoms with Crippen LogP contribution in [0.3, 0.4) is 0 Å². The summed E-state index contributed by atoms with van der Waals surface area (Å²) in [6.07, 6.45) is 1.81. The summed E-state index contributed by atoms with van der Waals surface area (Å²) in [5.74, 6) is -0.223. The molecule has 7 heteroatoms. The van der Waals surface area contributed by atoms with Crippen LogP contribution in [0.1, 0.15) is 30.6 Å². The van der Waals surface area contributed by atoms with E-state index in [2.05, 4.69) is 15.5 Å². The summed E-state index contributed by atoms with van der Waals surface area (Å²) in [5, 5.41) is 6.93. The Labute approximate surface area is 138 Å². The number of benzene rings is 1. The first kappa shape index (κ1) is 15.9. The zero-order valence-electron chi connectivity index (χ0n) is 13.5. The molecule has 0 spiro atoms. The topological polar surface area (TPSA) is 90.0 Å². The van der Waals surface area contributed by atoms with E-state index in [-0.39, 0.29) is 17.2 Å². The smallest absolute Gasteiger partial charge is 0.267 e. The van der Waals surface area contributed by atoms with Crippen molar-refractivity contribution in [1.82, 2.24) is 20.0 Å². The number of hydrogen-bond donors (Lipinski definition) is 1. The molecular weight excluding hydrogens is 308 g/mol. The van der Waals surface area contributed by atoms with Gasteiger partial charge in [-0.1, -0.05) is 42.4 Å². The largest absolute Gasteiger partial charge is 0.350 e. The molecule has 1 aromatic carbocycles. The lowest BCUT2D eigenvalue weighted by Crippen LogP contribution is -2.36. The third-order valence-corrected chi connectivity index (χ3v) is 3.93. The predicted octanol–water partition coefficient (Wildman–Crippen LogP) is 1.96. The van der Waals surface area contributed by atoms with Crippen molar-refractivity contribution in [2.45, 2.75) is 32.9 Å². The van der Waals surface area contributed by atoms with Crippen LogP contribution < -0.4 is 10.9 Å². The summed E-state index contributed by atoms with van der Waals surface area (Å²) < 4.78 is 6.33. The van der Waals surface area contributed by atoms with Crippen LogP contribution in [0.25, 0.3) is 11.1 Å². The molecule has 0 fully saturated rings. The van der Waals surface area contributed by atoms with Gasteiger partial charge >= 0.3 is 0 Å². The van der Waals surface area contributed by atoms with Crippen LogP contribution in [-0.2, 0) is 11.3 Å². The van der Waals surface area contributed by atoms with Crippen LogP contribution in [-0.4, -0.2) is 20.6 Å². The fraction of sp³-hybridized carbons (Fsp3) is 0.294. The van der Waals surface area contributed by atoms with Gasteiger partial charge in [0.25, 0.3) is 11.3 Å².